The normalized spacial score (nSPS) is 16.0. The SMILES string of the molecule is CCOCCCNC(=O)[C@@H]1CCCN(C(=O)c2nnc(C(=O)Nc3ccccc3)s2)C1. The third kappa shape index (κ3) is 6.56. The number of likely N-dealkylation sites (tertiary alicyclic amines) is 1. The van der Waals surface area contributed by atoms with Gasteiger partial charge in [-0.15, -0.1) is 10.2 Å². The van der Waals surface area contributed by atoms with Crippen LogP contribution in [0.3, 0.4) is 0 Å². The summed E-state index contributed by atoms with van der Waals surface area (Å²) in [6.07, 6.45) is 2.23. The van der Waals surface area contributed by atoms with Gasteiger partial charge in [0, 0.05) is 38.5 Å². The van der Waals surface area contributed by atoms with Crippen molar-refractivity contribution in [1.82, 2.24) is 20.4 Å². The van der Waals surface area contributed by atoms with Crippen LogP contribution in [0.1, 0.15) is 45.8 Å². The molecule has 0 radical (unpaired) electrons. The van der Waals surface area contributed by atoms with Crippen LogP contribution in [0.5, 0.6) is 0 Å². The topological polar surface area (TPSA) is 114 Å². The fraction of sp³-hybridized carbons (Fsp3) is 0.476. The monoisotopic (exact) mass is 445 g/mol. The first kappa shape index (κ1) is 22.8. The number of ether oxygens (including phenoxy) is 1. The second kappa shape index (κ2) is 11.5. The zero-order valence-corrected chi connectivity index (χ0v) is 18.3. The van der Waals surface area contributed by atoms with Crippen molar-refractivity contribution in [2.45, 2.75) is 26.2 Å². The number of carbonyl (C=O) groups excluding carboxylic acids is 3. The molecule has 1 atom stereocenters. The molecule has 0 spiro atoms. The quantitative estimate of drug-likeness (QED) is 0.572. The van der Waals surface area contributed by atoms with Crippen LogP contribution < -0.4 is 10.6 Å². The minimum absolute atomic E-state index is 0.0470. The van der Waals surface area contributed by atoms with Crippen molar-refractivity contribution in [3.63, 3.8) is 0 Å². The third-order valence-corrected chi connectivity index (χ3v) is 5.79. The van der Waals surface area contributed by atoms with Crippen LogP contribution >= 0.6 is 11.3 Å². The summed E-state index contributed by atoms with van der Waals surface area (Å²) in [5.41, 5.74) is 0.640. The van der Waals surface area contributed by atoms with Gasteiger partial charge in [-0.25, -0.2) is 0 Å². The summed E-state index contributed by atoms with van der Waals surface area (Å²) in [6.45, 7) is 4.65. The van der Waals surface area contributed by atoms with Gasteiger partial charge in [-0.3, -0.25) is 14.4 Å². The van der Waals surface area contributed by atoms with Crippen molar-refractivity contribution in [2.75, 3.05) is 38.2 Å². The van der Waals surface area contributed by atoms with E-state index in [0.717, 1.165) is 30.6 Å². The van der Waals surface area contributed by atoms with E-state index >= 15 is 0 Å². The molecule has 0 unspecified atom stereocenters. The molecular weight excluding hydrogens is 418 g/mol. The van der Waals surface area contributed by atoms with Gasteiger partial charge < -0.3 is 20.3 Å². The Balaban J connectivity index is 1.52. The molecule has 1 aromatic heterocycles. The fourth-order valence-electron chi connectivity index (χ4n) is 3.29. The molecule has 3 amide bonds. The van der Waals surface area contributed by atoms with Crippen molar-refractivity contribution in [3.8, 4) is 0 Å². The Morgan fingerprint density at radius 2 is 1.97 bits per heavy atom. The summed E-state index contributed by atoms with van der Waals surface area (Å²) in [5, 5.41) is 13.7. The van der Waals surface area contributed by atoms with Gasteiger partial charge in [-0.2, -0.15) is 0 Å². The average Bonchev–Trinajstić information content (AvgIpc) is 3.29. The highest BCUT2D eigenvalue weighted by Crippen LogP contribution is 2.21. The van der Waals surface area contributed by atoms with Crippen LogP contribution in [0.25, 0.3) is 0 Å². The number of aromatic nitrogens is 2. The summed E-state index contributed by atoms with van der Waals surface area (Å²) in [5.74, 6) is -1.01. The number of amides is 3. The van der Waals surface area contributed by atoms with Crippen molar-refractivity contribution in [1.29, 1.82) is 0 Å². The fourth-order valence-corrected chi connectivity index (χ4v) is 4.00. The summed E-state index contributed by atoms with van der Waals surface area (Å²) in [7, 11) is 0. The van der Waals surface area contributed by atoms with Crippen molar-refractivity contribution in [3.05, 3.63) is 40.3 Å². The molecule has 31 heavy (non-hydrogen) atoms. The van der Waals surface area contributed by atoms with Crippen LogP contribution in [-0.2, 0) is 9.53 Å². The maximum atomic E-state index is 12.8. The first-order chi connectivity index (χ1) is 15.1. The molecule has 0 bridgehead atoms. The standard InChI is InChI=1S/C21H27N5O4S/c1-2-30-13-7-11-22-17(27)15-8-6-12-26(14-15)21(29)20-25-24-19(31-20)18(28)23-16-9-4-3-5-10-16/h3-5,9-10,15H,2,6-8,11-14H2,1H3,(H,22,27)(H,23,28)/t15-/m1/s1. The number of hydrogen-bond acceptors (Lipinski definition) is 7. The lowest BCUT2D eigenvalue weighted by Crippen LogP contribution is -2.45. The highest BCUT2D eigenvalue weighted by atomic mass is 32.1. The van der Waals surface area contributed by atoms with E-state index < -0.39 is 5.91 Å². The van der Waals surface area contributed by atoms with Gasteiger partial charge in [-0.1, -0.05) is 29.5 Å². The molecule has 1 aliphatic heterocycles. The van der Waals surface area contributed by atoms with Crippen LogP contribution in [-0.4, -0.2) is 65.7 Å². The first-order valence-electron chi connectivity index (χ1n) is 10.4. The van der Waals surface area contributed by atoms with E-state index in [2.05, 4.69) is 20.8 Å². The predicted octanol–water partition coefficient (Wildman–Crippen LogP) is 2.19. The summed E-state index contributed by atoms with van der Waals surface area (Å²) in [6, 6.07) is 9.01. The number of carbonyl (C=O) groups is 3. The number of piperidine rings is 1. The van der Waals surface area contributed by atoms with Gasteiger partial charge in [0.2, 0.25) is 15.9 Å². The smallest absolute Gasteiger partial charge is 0.286 e. The van der Waals surface area contributed by atoms with Crippen LogP contribution in [0.15, 0.2) is 30.3 Å². The number of nitrogens with one attached hydrogen (secondary N) is 2. The Hall–Kier alpha value is -2.85. The third-order valence-electron chi connectivity index (χ3n) is 4.88. The Labute approximate surface area is 185 Å². The maximum Gasteiger partial charge on any atom is 0.286 e. The first-order valence-corrected chi connectivity index (χ1v) is 11.2. The molecule has 1 aliphatic rings. The van der Waals surface area contributed by atoms with Gasteiger partial charge in [-0.05, 0) is 38.3 Å². The van der Waals surface area contributed by atoms with E-state index in [0.29, 0.717) is 38.5 Å². The second-order valence-electron chi connectivity index (χ2n) is 7.16. The molecule has 1 fully saturated rings. The van der Waals surface area contributed by atoms with Crippen molar-refractivity contribution >= 4 is 34.7 Å². The molecule has 2 N–H and O–H groups in total. The Morgan fingerprint density at radius 1 is 1.19 bits per heavy atom. The summed E-state index contributed by atoms with van der Waals surface area (Å²) in [4.78, 5) is 39.2. The van der Waals surface area contributed by atoms with E-state index in [4.69, 9.17) is 4.74 Å². The minimum Gasteiger partial charge on any atom is -0.382 e. The summed E-state index contributed by atoms with van der Waals surface area (Å²) < 4.78 is 5.27. The average molecular weight is 446 g/mol. The number of anilines is 1. The van der Waals surface area contributed by atoms with Crippen LogP contribution in [0, 0.1) is 5.92 Å². The highest BCUT2D eigenvalue weighted by molar-refractivity contribution is 7.15. The maximum absolute atomic E-state index is 12.8. The Bertz CT molecular complexity index is 889. The van der Waals surface area contributed by atoms with Crippen molar-refractivity contribution < 1.29 is 19.1 Å². The number of hydrogen-bond donors (Lipinski definition) is 2. The molecule has 0 saturated carbocycles. The lowest BCUT2D eigenvalue weighted by molar-refractivity contribution is -0.126. The number of rotatable bonds is 9. The largest absolute Gasteiger partial charge is 0.382 e. The Kier molecular flexibility index (Phi) is 8.48. The molecule has 1 aromatic carbocycles. The van der Waals surface area contributed by atoms with E-state index in [9.17, 15) is 14.4 Å². The number of para-hydroxylation sites is 1. The molecule has 2 aromatic rings. The minimum atomic E-state index is -0.411. The van der Waals surface area contributed by atoms with Gasteiger partial charge in [0.25, 0.3) is 11.8 Å². The van der Waals surface area contributed by atoms with E-state index in [1.807, 2.05) is 25.1 Å². The van der Waals surface area contributed by atoms with Gasteiger partial charge in [0.1, 0.15) is 0 Å². The molecule has 3 rings (SSSR count). The van der Waals surface area contributed by atoms with Gasteiger partial charge in [0.15, 0.2) is 0 Å². The van der Waals surface area contributed by atoms with Gasteiger partial charge >= 0.3 is 0 Å². The van der Waals surface area contributed by atoms with Crippen LogP contribution in [0.4, 0.5) is 5.69 Å². The Morgan fingerprint density at radius 3 is 2.74 bits per heavy atom. The molecule has 1 saturated heterocycles. The molecule has 10 heteroatoms. The molecular formula is C21H27N5O4S. The molecule has 9 nitrogen and oxygen atoms in total. The van der Waals surface area contributed by atoms with E-state index in [1.165, 1.54) is 0 Å². The lowest BCUT2D eigenvalue weighted by atomic mass is 9.97. The predicted molar refractivity (Wildman–Crippen MR) is 117 cm³/mol. The molecule has 166 valence electrons. The second-order valence-corrected chi connectivity index (χ2v) is 8.14. The van der Waals surface area contributed by atoms with E-state index in [-0.39, 0.29) is 27.7 Å². The lowest BCUT2D eigenvalue weighted by Gasteiger charge is -2.31. The van der Waals surface area contributed by atoms with Gasteiger partial charge in [0.05, 0.1) is 5.92 Å². The zero-order valence-electron chi connectivity index (χ0n) is 17.5. The molecule has 2 heterocycles. The van der Waals surface area contributed by atoms with Crippen molar-refractivity contribution in [2.24, 2.45) is 5.92 Å². The van der Waals surface area contributed by atoms with Crippen LogP contribution in [0.2, 0.25) is 0 Å². The highest BCUT2D eigenvalue weighted by Gasteiger charge is 2.30. The zero-order chi connectivity index (χ0) is 22.1. The summed E-state index contributed by atoms with van der Waals surface area (Å²) >= 11 is 0.953. The molecule has 0 aliphatic carbocycles. The van der Waals surface area contributed by atoms with E-state index in [1.54, 1.807) is 17.0 Å². The number of nitrogens with zero attached hydrogens (tertiary/aromatic N) is 3. The number of benzene rings is 1.